The predicted molar refractivity (Wildman–Crippen MR) is 116 cm³/mol. The summed E-state index contributed by atoms with van der Waals surface area (Å²) < 4.78 is 18.5. The molecule has 0 unspecified atom stereocenters. The second-order valence-electron chi connectivity index (χ2n) is 7.44. The van der Waals surface area contributed by atoms with E-state index in [1.807, 2.05) is 30.3 Å². The minimum Gasteiger partial charge on any atom is -0.297 e. The van der Waals surface area contributed by atoms with E-state index in [1.165, 1.54) is 17.7 Å². The van der Waals surface area contributed by atoms with E-state index >= 15 is 0 Å². The highest BCUT2D eigenvalue weighted by molar-refractivity contribution is 6.02. The average molecular weight is 418 g/mol. The van der Waals surface area contributed by atoms with Gasteiger partial charge in [-0.15, -0.1) is 0 Å². The molecule has 4 aromatic rings. The van der Waals surface area contributed by atoms with Crippen molar-refractivity contribution in [1.29, 1.82) is 0 Å². The van der Waals surface area contributed by atoms with Gasteiger partial charge in [0.15, 0.2) is 11.2 Å². The first-order valence-corrected chi connectivity index (χ1v) is 9.76. The number of nitrogens with zero attached hydrogens (tertiary/aromatic N) is 6. The zero-order valence-electron chi connectivity index (χ0n) is 17.0. The normalized spacial score (nSPS) is 13.4. The summed E-state index contributed by atoms with van der Waals surface area (Å²) in [5, 5.41) is 6.31. The van der Waals surface area contributed by atoms with Gasteiger partial charge in [0.1, 0.15) is 5.82 Å². The van der Waals surface area contributed by atoms with Crippen LogP contribution in [0.5, 0.6) is 0 Å². The zero-order valence-corrected chi connectivity index (χ0v) is 17.0. The first-order chi connectivity index (χ1) is 15.0. The summed E-state index contributed by atoms with van der Waals surface area (Å²) in [5.41, 5.74) is 1.72. The summed E-state index contributed by atoms with van der Waals surface area (Å²) in [4.78, 5) is 29.9. The second kappa shape index (κ2) is 7.05. The van der Waals surface area contributed by atoms with Crippen LogP contribution in [0.1, 0.15) is 11.1 Å². The lowest BCUT2D eigenvalue weighted by Gasteiger charge is -2.26. The number of hydrogen-bond acceptors (Lipinski definition) is 5. The summed E-state index contributed by atoms with van der Waals surface area (Å²) in [6.07, 6.45) is 0. The number of anilines is 1. The van der Waals surface area contributed by atoms with Crippen LogP contribution < -0.4 is 16.3 Å². The molecule has 0 aliphatic carbocycles. The highest BCUT2D eigenvalue weighted by atomic mass is 19.1. The van der Waals surface area contributed by atoms with Gasteiger partial charge in [-0.2, -0.15) is 10.1 Å². The van der Waals surface area contributed by atoms with Crippen LogP contribution in [0, 0.1) is 5.82 Å². The number of benzene rings is 2. The third-order valence-electron chi connectivity index (χ3n) is 5.49. The lowest BCUT2D eigenvalue weighted by Crippen LogP contribution is -2.38. The summed E-state index contributed by atoms with van der Waals surface area (Å²) in [5.74, 6) is 0.0340. The summed E-state index contributed by atoms with van der Waals surface area (Å²) in [7, 11) is 3.01. The molecule has 1 aliphatic heterocycles. The molecule has 0 fully saturated rings. The summed E-state index contributed by atoms with van der Waals surface area (Å²) >= 11 is 0. The Kier molecular flexibility index (Phi) is 4.32. The van der Waals surface area contributed by atoms with Crippen molar-refractivity contribution in [3.63, 3.8) is 0 Å². The predicted octanol–water partition coefficient (Wildman–Crippen LogP) is 2.00. The van der Waals surface area contributed by atoms with Crippen molar-refractivity contribution in [2.75, 3.05) is 5.01 Å². The van der Waals surface area contributed by atoms with Crippen LogP contribution in [0.4, 0.5) is 10.3 Å². The molecule has 156 valence electrons. The topological polar surface area (TPSA) is 77.4 Å². The van der Waals surface area contributed by atoms with Gasteiger partial charge in [-0.05, 0) is 11.6 Å². The van der Waals surface area contributed by atoms with Gasteiger partial charge in [-0.1, -0.05) is 48.5 Å². The maximum atomic E-state index is 14.4. The van der Waals surface area contributed by atoms with Crippen LogP contribution in [-0.2, 0) is 27.2 Å². The van der Waals surface area contributed by atoms with E-state index in [0.717, 1.165) is 10.1 Å². The minimum atomic E-state index is -0.460. The fourth-order valence-electron chi connectivity index (χ4n) is 3.83. The molecule has 2 aromatic heterocycles. The van der Waals surface area contributed by atoms with Crippen LogP contribution in [0.3, 0.4) is 0 Å². The third-order valence-corrected chi connectivity index (χ3v) is 5.49. The average Bonchev–Trinajstić information content (AvgIpc) is 3.18. The first kappa shape index (κ1) is 19.0. The van der Waals surface area contributed by atoms with Gasteiger partial charge in [-0.25, -0.2) is 14.2 Å². The number of imidazole rings is 1. The number of fused-ring (bicyclic) bond motifs is 3. The highest BCUT2D eigenvalue weighted by Gasteiger charge is 2.28. The van der Waals surface area contributed by atoms with Gasteiger partial charge in [0, 0.05) is 19.7 Å². The first-order valence-electron chi connectivity index (χ1n) is 9.76. The van der Waals surface area contributed by atoms with E-state index < -0.39 is 11.2 Å². The monoisotopic (exact) mass is 418 g/mol. The molecule has 0 atom stereocenters. The molecule has 0 spiro atoms. The fraction of sp³-hybridized carbons (Fsp3) is 0.182. The van der Waals surface area contributed by atoms with Gasteiger partial charge in [0.25, 0.3) is 5.56 Å². The van der Waals surface area contributed by atoms with Crippen LogP contribution in [0.15, 0.2) is 69.3 Å². The summed E-state index contributed by atoms with van der Waals surface area (Å²) in [6, 6.07) is 16.0. The van der Waals surface area contributed by atoms with Crippen molar-refractivity contribution in [2.24, 2.45) is 19.2 Å². The molecule has 0 bridgehead atoms. The van der Waals surface area contributed by atoms with Gasteiger partial charge < -0.3 is 0 Å². The Bertz CT molecular complexity index is 1470. The molecule has 0 N–H and O–H groups in total. The molecular weight excluding hydrogens is 399 g/mol. The van der Waals surface area contributed by atoms with Gasteiger partial charge >= 0.3 is 5.69 Å². The summed E-state index contributed by atoms with van der Waals surface area (Å²) in [6.45, 7) is 0.428. The number of aromatic nitrogens is 4. The largest absolute Gasteiger partial charge is 0.332 e. The molecular formula is C22H19FN6O2. The van der Waals surface area contributed by atoms with Crippen molar-refractivity contribution >= 4 is 22.8 Å². The Morgan fingerprint density at radius 3 is 2.42 bits per heavy atom. The van der Waals surface area contributed by atoms with E-state index in [0.29, 0.717) is 29.3 Å². The van der Waals surface area contributed by atoms with E-state index in [9.17, 15) is 14.0 Å². The second-order valence-corrected chi connectivity index (χ2v) is 7.44. The van der Waals surface area contributed by atoms with Crippen molar-refractivity contribution < 1.29 is 4.39 Å². The third kappa shape index (κ3) is 2.97. The SMILES string of the molecule is Cn1c(=O)c2c(nc3n2CC(c2ccccc2)=NN3Cc2ccccc2F)n(C)c1=O. The molecule has 0 radical (unpaired) electrons. The van der Waals surface area contributed by atoms with Crippen LogP contribution in [0.2, 0.25) is 0 Å². The molecule has 0 saturated heterocycles. The standard InChI is InChI=1S/C22H19FN6O2/c1-26-19-18(20(30)27(2)22(26)31)28-13-17(14-8-4-3-5-9-14)25-29(21(28)24-19)12-15-10-6-7-11-16(15)23/h3-11H,12-13H2,1-2H3. The van der Waals surface area contributed by atoms with Crippen LogP contribution in [-0.4, -0.2) is 24.4 Å². The Balaban J connectivity index is 1.75. The van der Waals surface area contributed by atoms with E-state index in [1.54, 1.807) is 34.8 Å². The Morgan fingerprint density at radius 2 is 1.68 bits per heavy atom. The number of hydrazone groups is 1. The molecule has 1 aliphatic rings. The fourth-order valence-corrected chi connectivity index (χ4v) is 3.83. The van der Waals surface area contributed by atoms with Crippen molar-refractivity contribution in [3.05, 3.63) is 92.4 Å². The van der Waals surface area contributed by atoms with E-state index in [-0.39, 0.29) is 18.0 Å². The lowest BCUT2D eigenvalue weighted by atomic mass is 10.1. The van der Waals surface area contributed by atoms with Gasteiger partial charge in [0.2, 0.25) is 5.95 Å². The van der Waals surface area contributed by atoms with Crippen LogP contribution >= 0.6 is 0 Å². The van der Waals surface area contributed by atoms with E-state index in [2.05, 4.69) is 4.98 Å². The molecule has 8 nitrogen and oxygen atoms in total. The lowest BCUT2D eigenvalue weighted by molar-refractivity contribution is 0.600. The molecule has 5 rings (SSSR count). The number of rotatable bonds is 3. The van der Waals surface area contributed by atoms with Gasteiger partial charge in [0.05, 0.1) is 18.8 Å². The van der Waals surface area contributed by atoms with Crippen LogP contribution in [0.25, 0.3) is 11.2 Å². The number of halogens is 1. The molecule has 0 amide bonds. The maximum absolute atomic E-state index is 14.4. The molecule has 9 heteroatoms. The highest BCUT2D eigenvalue weighted by Crippen LogP contribution is 2.27. The number of aryl methyl sites for hydroxylation is 1. The quantitative estimate of drug-likeness (QED) is 0.510. The number of hydrogen-bond donors (Lipinski definition) is 0. The Hall–Kier alpha value is -4.01. The van der Waals surface area contributed by atoms with Crippen molar-refractivity contribution in [2.45, 2.75) is 13.1 Å². The van der Waals surface area contributed by atoms with Crippen molar-refractivity contribution in [3.8, 4) is 0 Å². The molecule has 2 aromatic carbocycles. The maximum Gasteiger partial charge on any atom is 0.332 e. The van der Waals surface area contributed by atoms with E-state index in [4.69, 9.17) is 5.10 Å². The Morgan fingerprint density at radius 1 is 0.968 bits per heavy atom. The minimum absolute atomic E-state index is 0.126. The Labute approximate surface area is 176 Å². The molecule has 3 heterocycles. The molecule has 0 saturated carbocycles. The molecule has 31 heavy (non-hydrogen) atoms. The smallest absolute Gasteiger partial charge is 0.297 e. The zero-order chi connectivity index (χ0) is 21.7. The van der Waals surface area contributed by atoms with Crippen molar-refractivity contribution in [1.82, 2.24) is 18.7 Å². The van der Waals surface area contributed by atoms with Gasteiger partial charge in [-0.3, -0.25) is 18.5 Å².